The van der Waals surface area contributed by atoms with Crippen LogP contribution in [0.15, 0.2) is 48.5 Å². The Morgan fingerprint density at radius 3 is 2.37 bits per heavy atom. The summed E-state index contributed by atoms with van der Waals surface area (Å²) in [5.74, 6) is -0.894. The first-order valence-corrected chi connectivity index (χ1v) is 8.97. The molecule has 5 nitrogen and oxygen atoms in total. The van der Waals surface area contributed by atoms with Crippen LogP contribution in [0.3, 0.4) is 0 Å². The molecular formula is C22H27NO4. The maximum absolute atomic E-state index is 12.2. The lowest BCUT2D eigenvalue weighted by Crippen LogP contribution is -2.44. The maximum Gasteiger partial charge on any atom is 0.326 e. The van der Waals surface area contributed by atoms with Gasteiger partial charge in [0.15, 0.2) is 6.61 Å². The Labute approximate surface area is 160 Å². The molecule has 27 heavy (non-hydrogen) atoms. The number of carboxylic acids is 1. The summed E-state index contributed by atoms with van der Waals surface area (Å²) in [5.41, 5.74) is 2.84. The zero-order valence-electron chi connectivity index (χ0n) is 16.3. The molecule has 0 saturated heterocycles. The van der Waals surface area contributed by atoms with Crippen molar-refractivity contribution >= 4 is 11.9 Å². The molecule has 0 heterocycles. The summed E-state index contributed by atoms with van der Waals surface area (Å²) in [5, 5.41) is 11.9. The van der Waals surface area contributed by atoms with Crippen molar-refractivity contribution in [3.05, 3.63) is 65.2 Å². The number of carboxylic acid groups (broad SMARTS) is 1. The summed E-state index contributed by atoms with van der Waals surface area (Å²) >= 11 is 0. The van der Waals surface area contributed by atoms with E-state index in [1.54, 1.807) is 0 Å². The molecular weight excluding hydrogens is 342 g/mol. The van der Waals surface area contributed by atoms with E-state index in [0.29, 0.717) is 5.75 Å². The summed E-state index contributed by atoms with van der Waals surface area (Å²) in [7, 11) is 0. The van der Waals surface area contributed by atoms with E-state index in [1.165, 1.54) is 0 Å². The Morgan fingerprint density at radius 1 is 1.11 bits per heavy atom. The van der Waals surface area contributed by atoms with Crippen molar-refractivity contribution in [1.82, 2.24) is 5.32 Å². The third kappa shape index (κ3) is 6.13. The molecule has 0 spiro atoms. The molecule has 0 aliphatic carbocycles. The van der Waals surface area contributed by atoms with Gasteiger partial charge in [-0.3, -0.25) is 4.79 Å². The molecule has 0 saturated carbocycles. The average molecular weight is 369 g/mol. The first-order chi connectivity index (χ1) is 12.7. The quantitative estimate of drug-likeness (QED) is 0.783. The van der Waals surface area contributed by atoms with Crippen LogP contribution in [0.4, 0.5) is 0 Å². The molecule has 2 aromatic rings. The summed E-state index contributed by atoms with van der Waals surface area (Å²) < 4.78 is 5.71. The summed E-state index contributed by atoms with van der Waals surface area (Å²) in [6.45, 7) is 8.01. The fourth-order valence-electron chi connectivity index (χ4n) is 2.78. The third-order valence-electron chi connectivity index (χ3n) is 4.22. The Hall–Kier alpha value is -2.82. The predicted molar refractivity (Wildman–Crippen MR) is 105 cm³/mol. The number of aliphatic carboxylic acids is 1. The number of ether oxygens (including phenoxy) is 1. The predicted octanol–water partition coefficient (Wildman–Crippen LogP) is 3.48. The van der Waals surface area contributed by atoms with Gasteiger partial charge in [-0.25, -0.2) is 4.79 Å². The first-order valence-electron chi connectivity index (χ1n) is 8.97. The molecule has 5 heteroatoms. The number of hydrogen-bond donors (Lipinski definition) is 2. The monoisotopic (exact) mass is 369 g/mol. The Balaban J connectivity index is 2.02. The molecule has 144 valence electrons. The number of carbonyl (C=O) groups excluding carboxylic acids is 1. The standard InChI is InChI=1S/C22H27NO4/c1-15-10-11-19(17(12-15)22(2,3)4)27-14-20(24)23-18(21(25)26)13-16-8-6-5-7-9-16/h5-12,18H,13-14H2,1-4H3,(H,23,24)(H,25,26). The van der Waals surface area contributed by atoms with E-state index in [1.807, 2.05) is 55.5 Å². The van der Waals surface area contributed by atoms with Gasteiger partial charge in [-0.05, 0) is 29.5 Å². The van der Waals surface area contributed by atoms with Crippen molar-refractivity contribution in [1.29, 1.82) is 0 Å². The number of aryl methyl sites for hydroxylation is 1. The van der Waals surface area contributed by atoms with Gasteiger partial charge in [0.1, 0.15) is 11.8 Å². The van der Waals surface area contributed by atoms with Crippen molar-refractivity contribution < 1.29 is 19.4 Å². The zero-order valence-corrected chi connectivity index (χ0v) is 16.3. The minimum Gasteiger partial charge on any atom is -0.483 e. The minimum absolute atomic E-state index is 0.130. The van der Waals surface area contributed by atoms with Crippen LogP contribution < -0.4 is 10.1 Å². The maximum atomic E-state index is 12.2. The highest BCUT2D eigenvalue weighted by molar-refractivity contribution is 5.84. The van der Waals surface area contributed by atoms with Gasteiger partial charge in [0.25, 0.3) is 5.91 Å². The van der Waals surface area contributed by atoms with Crippen molar-refractivity contribution in [2.45, 2.75) is 45.6 Å². The second kappa shape index (κ2) is 8.71. The Kier molecular flexibility index (Phi) is 6.61. The van der Waals surface area contributed by atoms with Crippen molar-refractivity contribution in [2.24, 2.45) is 0 Å². The van der Waals surface area contributed by atoms with Gasteiger partial charge in [0, 0.05) is 6.42 Å². The van der Waals surface area contributed by atoms with E-state index in [9.17, 15) is 14.7 Å². The summed E-state index contributed by atoms with van der Waals surface area (Å²) in [4.78, 5) is 23.7. The summed E-state index contributed by atoms with van der Waals surface area (Å²) in [6, 6.07) is 14.0. The van der Waals surface area contributed by atoms with Gasteiger partial charge in [-0.1, -0.05) is 68.8 Å². The fourth-order valence-corrected chi connectivity index (χ4v) is 2.78. The van der Waals surface area contributed by atoms with Crippen LogP contribution in [0.2, 0.25) is 0 Å². The molecule has 2 N–H and O–H groups in total. The van der Waals surface area contributed by atoms with Crippen molar-refractivity contribution in [3.63, 3.8) is 0 Å². The zero-order chi connectivity index (χ0) is 20.0. The van der Waals surface area contributed by atoms with Crippen LogP contribution in [0.25, 0.3) is 0 Å². The van der Waals surface area contributed by atoms with Crippen molar-refractivity contribution in [3.8, 4) is 5.75 Å². The largest absolute Gasteiger partial charge is 0.483 e. The average Bonchev–Trinajstić information content (AvgIpc) is 2.60. The van der Waals surface area contributed by atoms with Gasteiger partial charge in [-0.15, -0.1) is 0 Å². The van der Waals surface area contributed by atoms with Gasteiger partial charge < -0.3 is 15.2 Å². The molecule has 1 unspecified atom stereocenters. The highest BCUT2D eigenvalue weighted by Gasteiger charge is 2.22. The number of nitrogens with one attached hydrogen (secondary N) is 1. The van der Waals surface area contributed by atoms with Crippen LogP contribution in [-0.2, 0) is 21.4 Å². The Morgan fingerprint density at radius 2 is 1.78 bits per heavy atom. The second-order valence-corrected chi connectivity index (χ2v) is 7.69. The van der Waals surface area contributed by atoms with Crippen LogP contribution >= 0.6 is 0 Å². The van der Waals surface area contributed by atoms with Crippen LogP contribution in [0, 0.1) is 6.92 Å². The summed E-state index contributed by atoms with van der Waals surface area (Å²) in [6.07, 6.45) is 0.222. The molecule has 0 bridgehead atoms. The molecule has 1 amide bonds. The van der Waals surface area contributed by atoms with E-state index in [-0.39, 0.29) is 18.4 Å². The van der Waals surface area contributed by atoms with Gasteiger partial charge >= 0.3 is 5.97 Å². The van der Waals surface area contributed by atoms with Gasteiger partial charge in [-0.2, -0.15) is 0 Å². The lowest BCUT2D eigenvalue weighted by atomic mass is 9.85. The third-order valence-corrected chi connectivity index (χ3v) is 4.22. The van der Waals surface area contributed by atoms with E-state index >= 15 is 0 Å². The van der Waals surface area contributed by atoms with Gasteiger partial charge in [0.05, 0.1) is 0 Å². The van der Waals surface area contributed by atoms with Crippen LogP contribution in [-0.4, -0.2) is 29.6 Å². The SMILES string of the molecule is Cc1ccc(OCC(=O)NC(Cc2ccccc2)C(=O)O)c(C(C)(C)C)c1. The molecule has 0 aliphatic rings. The molecule has 1 atom stereocenters. The van der Waals surface area contributed by atoms with E-state index in [0.717, 1.165) is 16.7 Å². The molecule has 2 rings (SSSR count). The molecule has 2 aromatic carbocycles. The molecule has 0 radical (unpaired) electrons. The number of amides is 1. The smallest absolute Gasteiger partial charge is 0.326 e. The van der Waals surface area contributed by atoms with E-state index < -0.39 is 17.9 Å². The second-order valence-electron chi connectivity index (χ2n) is 7.69. The normalized spacial score (nSPS) is 12.3. The van der Waals surface area contributed by atoms with E-state index in [4.69, 9.17) is 4.74 Å². The van der Waals surface area contributed by atoms with Crippen LogP contribution in [0.5, 0.6) is 5.75 Å². The van der Waals surface area contributed by atoms with Crippen molar-refractivity contribution in [2.75, 3.05) is 6.61 Å². The minimum atomic E-state index is -1.07. The first kappa shape index (κ1) is 20.5. The molecule has 0 fully saturated rings. The topological polar surface area (TPSA) is 75.6 Å². The number of rotatable bonds is 7. The number of hydrogen-bond acceptors (Lipinski definition) is 3. The lowest BCUT2D eigenvalue weighted by Gasteiger charge is -2.23. The van der Waals surface area contributed by atoms with Crippen LogP contribution in [0.1, 0.15) is 37.5 Å². The Bertz CT molecular complexity index is 794. The lowest BCUT2D eigenvalue weighted by molar-refractivity contribution is -0.142. The fraction of sp³-hybridized carbons (Fsp3) is 0.364. The molecule has 0 aliphatic heterocycles. The number of carbonyl (C=O) groups is 2. The van der Waals surface area contributed by atoms with E-state index in [2.05, 4.69) is 26.1 Å². The highest BCUT2D eigenvalue weighted by atomic mass is 16.5. The number of benzene rings is 2. The van der Waals surface area contributed by atoms with Gasteiger partial charge in [0.2, 0.25) is 0 Å². The molecule has 0 aromatic heterocycles. The highest BCUT2D eigenvalue weighted by Crippen LogP contribution is 2.32.